The molecule has 0 radical (unpaired) electrons. The fourth-order valence-corrected chi connectivity index (χ4v) is 6.64. The van der Waals surface area contributed by atoms with Crippen molar-refractivity contribution in [2.45, 2.75) is 46.6 Å². The number of nitrogens with zero attached hydrogens (tertiary/aromatic N) is 1. The first-order chi connectivity index (χ1) is 19.7. The van der Waals surface area contributed by atoms with Crippen LogP contribution in [0.5, 0.6) is 11.5 Å². The second-order valence-electron chi connectivity index (χ2n) is 11.4. The molecule has 4 aromatic rings. The normalized spacial score (nSPS) is 15.0. The van der Waals surface area contributed by atoms with Crippen LogP contribution in [-0.2, 0) is 19.4 Å². The van der Waals surface area contributed by atoms with Gasteiger partial charge in [-0.1, -0.05) is 67.0 Å². The van der Waals surface area contributed by atoms with E-state index in [9.17, 15) is 4.79 Å². The zero-order valence-electron chi connectivity index (χ0n) is 23.9. The minimum Gasteiger partial charge on any atom is -0.493 e. The average Bonchev–Trinajstić information content (AvgIpc) is 3.34. The van der Waals surface area contributed by atoms with Crippen LogP contribution in [0.1, 0.15) is 59.1 Å². The summed E-state index contributed by atoms with van der Waals surface area (Å²) in [6.07, 6.45) is 4.74. The summed E-state index contributed by atoms with van der Waals surface area (Å²) >= 11 is 5.10. The Bertz CT molecular complexity index is 1540. The number of aliphatic imine (C=N–C) groups is 1. The summed E-state index contributed by atoms with van der Waals surface area (Å²) in [4.78, 5) is 19.7. The van der Waals surface area contributed by atoms with Crippen LogP contribution in [0.4, 0.5) is 10.7 Å². The molecule has 0 saturated heterocycles. The maximum atomic E-state index is 13.6. The number of methoxy groups -OCH3 is 1. The molecule has 5 rings (SSSR count). The third kappa shape index (κ3) is 7.08. The predicted molar refractivity (Wildman–Crippen MR) is 172 cm³/mol. The minimum absolute atomic E-state index is 0.107. The number of ether oxygens (including phenoxy) is 2. The Labute approximate surface area is 254 Å². The minimum atomic E-state index is -0.107. The highest BCUT2D eigenvalue weighted by molar-refractivity contribution is 9.10. The topological polar surface area (TPSA) is 59.9 Å². The number of halogens is 1. The van der Waals surface area contributed by atoms with Crippen LogP contribution in [0.15, 0.2) is 82.3 Å². The van der Waals surface area contributed by atoms with Gasteiger partial charge in [-0.3, -0.25) is 4.79 Å². The Morgan fingerprint density at radius 2 is 1.83 bits per heavy atom. The van der Waals surface area contributed by atoms with Crippen LogP contribution < -0.4 is 14.8 Å². The van der Waals surface area contributed by atoms with E-state index in [1.165, 1.54) is 4.88 Å². The highest BCUT2D eigenvalue weighted by Crippen LogP contribution is 2.45. The molecular weight excluding hydrogens is 596 g/mol. The lowest BCUT2D eigenvalue weighted by Gasteiger charge is -2.33. The lowest BCUT2D eigenvalue weighted by atomic mass is 9.72. The van der Waals surface area contributed by atoms with Crippen molar-refractivity contribution in [3.05, 3.63) is 104 Å². The molecule has 1 aromatic heterocycles. The molecule has 1 aliphatic carbocycles. The number of amides is 1. The standard InChI is InChI=1S/C34H35BrN2O3S/c1-34(2,3)24-13-16-27-30(19-24)41-33(31(27)32(38)37-26-8-6-5-7-9-26)36-20-23-12-17-28(29(18-23)39-4)40-21-22-10-14-25(35)15-11-22/h5-12,14-15,17-18,20,24H,13,16,19,21H2,1-4H3,(H,37,38)/t24-/m0/s1. The first-order valence-corrected chi connectivity index (χ1v) is 15.4. The number of fused-ring (bicyclic) bond motifs is 1. The van der Waals surface area contributed by atoms with Gasteiger partial charge >= 0.3 is 0 Å². The van der Waals surface area contributed by atoms with Crippen molar-refractivity contribution in [3.63, 3.8) is 0 Å². The Kier molecular flexibility index (Phi) is 8.95. The first-order valence-electron chi connectivity index (χ1n) is 13.8. The van der Waals surface area contributed by atoms with E-state index in [-0.39, 0.29) is 11.3 Å². The molecule has 0 saturated carbocycles. The van der Waals surface area contributed by atoms with Gasteiger partial charge in [-0.2, -0.15) is 0 Å². The molecule has 1 N–H and O–H groups in total. The average molecular weight is 632 g/mol. The third-order valence-electron chi connectivity index (χ3n) is 7.56. The zero-order valence-corrected chi connectivity index (χ0v) is 26.3. The highest BCUT2D eigenvalue weighted by Gasteiger charge is 2.33. The van der Waals surface area contributed by atoms with Gasteiger partial charge in [-0.05, 0) is 89.8 Å². The fourth-order valence-electron chi connectivity index (χ4n) is 5.11. The van der Waals surface area contributed by atoms with Crippen molar-refractivity contribution < 1.29 is 14.3 Å². The molecule has 1 atom stereocenters. The van der Waals surface area contributed by atoms with E-state index in [2.05, 4.69) is 42.0 Å². The molecule has 41 heavy (non-hydrogen) atoms. The van der Waals surface area contributed by atoms with E-state index in [1.54, 1.807) is 24.7 Å². The number of rotatable bonds is 8. The molecule has 0 fully saturated rings. The molecule has 1 aliphatic rings. The number of benzene rings is 3. The van der Waals surface area contributed by atoms with E-state index in [0.717, 1.165) is 51.1 Å². The number of hydrogen-bond donors (Lipinski definition) is 1. The Hall–Kier alpha value is -3.42. The van der Waals surface area contributed by atoms with Crippen LogP contribution in [0.2, 0.25) is 0 Å². The van der Waals surface area contributed by atoms with Gasteiger partial charge in [0.25, 0.3) is 5.91 Å². The van der Waals surface area contributed by atoms with Gasteiger partial charge in [0.15, 0.2) is 11.5 Å². The van der Waals surface area contributed by atoms with Crippen LogP contribution in [-0.4, -0.2) is 19.2 Å². The molecule has 7 heteroatoms. The number of thiophene rings is 1. The quantitative estimate of drug-likeness (QED) is 0.197. The smallest absolute Gasteiger partial charge is 0.259 e. The first kappa shape index (κ1) is 29.1. The summed E-state index contributed by atoms with van der Waals surface area (Å²) < 4.78 is 12.7. The predicted octanol–water partition coefficient (Wildman–Crippen LogP) is 9.25. The van der Waals surface area contributed by atoms with Crippen LogP contribution >= 0.6 is 27.3 Å². The Balaban J connectivity index is 1.40. The van der Waals surface area contributed by atoms with Gasteiger partial charge in [-0.25, -0.2) is 4.99 Å². The maximum Gasteiger partial charge on any atom is 0.259 e. The number of anilines is 1. The summed E-state index contributed by atoms with van der Waals surface area (Å²) in [7, 11) is 1.63. The molecule has 212 valence electrons. The number of nitrogens with one attached hydrogen (secondary N) is 1. The number of carbonyl (C=O) groups is 1. The van der Waals surface area contributed by atoms with Crippen molar-refractivity contribution in [1.82, 2.24) is 0 Å². The molecule has 5 nitrogen and oxygen atoms in total. The molecule has 0 bridgehead atoms. The van der Waals surface area contributed by atoms with Crippen molar-refractivity contribution in [1.29, 1.82) is 0 Å². The molecule has 1 heterocycles. The zero-order chi connectivity index (χ0) is 29.0. The molecule has 0 aliphatic heterocycles. The fraction of sp³-hybridized carbons (Fsp3) is 0.294. The molecule has 3 aromatic carbocycles. The maximum absolute atomic E-state index is 13.6. The monoisotopic (exact) mass is 630 g/mol. The molecule has 1 amide bonds. The van der Waals surface area contributed by atoms with Crippen molar-refractivity contribution in [2.75, 3.05) is 12.4 Å². The van der Waals surface area contributed by atoms with E-state index in [4.69, 9.17) is 14.5 Å². The number of para-hydroxylation sites is 1. The number of hydrogen-bond acceptors (Lipinski definition) is 5. The van der Waals surface area contributed by atoms with Crippen molar-refractivity contribution in [2.24, 2.45) is 16.3 Å². The molecule has 0 spiro atoms. The Morgan fingerprint density at radius 1 is 1.07 bits per heavy atom. The van der Waals surface area contributed by atoms with E-state index in [1.807, 2.05) is 72.8 Å². The SMILES string of the molecule is COc1cc(C=Nc2sc3c(c2C(=O)Nc2ccccc2)CC[C@H](C(C)(C)C)C3)ccc1OCc1ccc(Br)cc1. The Morgan fingerprint density at radius 3 is 2.54 bits per heavy atom. The lowest BCUT2D eigenvalue weighted by Crippen LogP contribution is -2.27. The summed E-state index contributed by atoms with van der Waals surface area (Å²) in [5, 5.41) is 3.83. The van der Waals surface area contributed by atoms with E-state index < -0.39 is 0 Å². The van der Waals surface area contributed by atoms with Crippen LogP contribution in [0, 0.1) is 11.3 Å². The summed E-state index contributed by atoms with van der Waals surface area (Å²) in [5.74, 6) is 1.76. The van der Waals surface area contributed by atoms with Gasteiger partial charge in [0, 0.05) is 21.3 Å². The van der Waals surface area contributed by atoms with Gasteiger partial charge in [0.05, 0.1) is 12.7 Å². The van der Waals surface area contributed by atoms with E-state index >= 15 is 0 Å². The summed E-state index contributed by atoms with van der Waals surface area (Å²) in [5.41, 5.74) is 4.77. The molecular formula is C34H35BrN2O3S. The summed E-state index contributed by atoms with van der Waals surface area (Å²) in [6.45, 7) is 7.35. The second-order valence-corrected chi connectivity index (χ2v) is 13.4. The van der Waals surface area contributed by atoms with Gasteiger partial charge in [0.2, 0.25) is 0 Å². The number of carbonyl (C=O) groups excluding carboxylic acids is 1. The van der Waals surface area contributed by atoms with Crippen molar-refractivity contribution >= 4 is 50.1 Å². The van der Waals surface area contributed by atoms with E-state index in [0.29, 0.717) is 29.6 Å². The summed E-state index contributed by atoms with van der Waals surface area (Å²) in [6, 6.07) is 23.4. The van der Waals surface area contributed by atoms with Crippen LogP contribution in [0.25, 0.3) is 0 Å². The van der Waals surface area contributed by atoms with Gasteiger partial charge in [-0.15, -0.1) is 11.3 Å². The highest BCUT2D eigenvalue weighted by atomic mass is 79.9. The molecule has 0 unspecified atom stereocenters. The third-order valence-corrected chi connectivity index (χ3v) is 9.25. The van der Waals surface area contributed by atoms with Crippen molar-refractivity contribution in [3.8, 4) is 11.5 Å². The van der Waals surface area contributed by atoms with Crippen LogP contribution in [0.3, 0.4) is 0 Å². The van der Waals surface area contributed by atoms with Gasteiger partial charge in [0.1, 0.15) is 11.6 Å². The van der Waals surface area contributed by atoms with Gasteiger partial charge < -0.3 is 14.8 Å². The second kappa shape index (κ2) is 12.6. The lowest BCUT2D eigenvalue weighted by molar-refractivity contribution is 0.102. The largest absolute Gasteiger partial charge is 0.493 e.